The highest BCUT2D eigenvalue weighted by molar-refractivity contribution is 6.32. The van der Waals surface area contributed by atoms with Crippen LogP contribution in [0.5, 0.6) is 5.75 Å². The van der Waals surface area contributed by atoms with Crippen molar-refractivity contribution in [3.63, 3.8) is 0 Å². The number of halogens is 3. The van der Waals surface area contributed by atoms with E-state index in [1.54, 1.807) is 32.9 Å². The fourth-order valence-electron chi connectivity index (χ4n) is 2.22. The molecule has 0 aliphatic heterocycles. The summed E-state index contributed by atoms with van der Waals surface area (Å²) in [7, 11) is 0. The lowest BCUT2D eigenvalue weighted by Crippen LogP contribution is -2.27. The molecule has 0 saturated carbocycles. The molecule has 10 heteroatoms. The minimum Gasteiger partial charge on any atom is -0.452 e. The number of rotatable bonds is 7. The molecule has 31 heavy (non-hydrogen) atoms. The molecule has 0 unspecified atom stereocenters. The maximum Gasteiger partial charge on any atom is 0.387 e. The number of alkyl halides is 2. The summed E-state index contributed by atoms with van der Waals surface area (Å²) in [6.45, 7) is 1.64. The van der Waals surface area contributed by atoms with Crippen LogP contribution >= 0.6 is 11.6 Å². The average Bonchev–Trinajstić information content (AvgIpc) is 2.67. The molecule has 2 aromatic carbocycles. The summed E-state index contributed by atoms with van der Waals surface area (Å²) in [5.41, 5.74) is 0.163. The van der Waals surface area contributed by atoms with E-state index >= 15 is 0 Å². The monoisotopic (exact) mass is 454 g/mol. The van der Waals surface area contributed by atoms with Gasteiger partial charge in [-0.25, -0.2) is 4.79 Å². The summed E-state index contributed by atoms with van der Waals surface area (Å²) in [4.78, 5) is 36.3. The average molecular weight is 455 g/mol. The number of carbonyl (C=O) groups excluding carboxylic acids is 3. The first kappa shape index (κ1) is 24.1. The van der Waals surface area contributed by atoms with Gasteiger partial charge in [0.25, 0.3) is 5.91 Å². The summed E-state index contributed by atoms with van der Waals surface area (Å²) in [6, 6.07) is 9.82. The second-order valence-corrected chi connectivity index (χ2v) is 7.84. The maximum atomic E-state index is 12.2. The molecule has 2 rings (SSSR count). The summed E-state index contributed by atoms with van der Waals surface area (Å²) in [6.07, 6.45) is 0. The van der Waals surface area contributed by atoms with Gasteiger partial charge in [0.1, 0.15) is 5.75 Å². The Morgan fingerprint density at radius 1 is 1.03 bits per heavy atom. The molecule has 0 atom stereocenters. The third kappa shape index (κ3) is 7.53. The van der Waals surface area contributed by atoms with E-state index in [0.29, 0.717) is 5.69 Å². The Bertz CT molecular complexity index is 976. The largest absolute Gasteiger partial charge is 0.452 e. The van der Waals surface area contributed by atoms with Crippen LogP contribution in [0.1, 0.15) is 31.1 Å². The highest BCUT2D eigenvalue weighted by Gasteiger charge is 2.21. The van der Waals surface area contributed by atoms with E-state index in [9.17, 15) is 23.2 Å². The molecule has 0 radical (unpaired) electrons. The van der Waals surface area contributed by atoms with Crippen molar-refractivity contribution in [2.24, 2.45) is 5.41 Å². The van der Waals surface area contributed by atoms with Gasteiger partial charge in [0.05, 0.1) is 10.6 Å². The number of esters is 1. The Labute approximate surface area is 182 Å². The number of nitrogens with one attached hydrogen (secondary N) is 2. The van der Waals surface area contributed by atoms with Crippen LogP contribution in [-0.4, -0.2) is 31.0 Å². The number of amides is 2. The molecule has 0 spiro atoms. The number of carbonyl (C=O) groups is 3. The van der Waals surface area contributed by atoms with Crippen molar-refractivity contribution in [2.75, 3.05) is 17.2 Å². The van der Waals surface area contributed by atoms with Gasteiger partial charge in [0, 0.05) is 16.8 Å². The zero-order valence-electron chi connectivity index (χ0n) is 17.0. The Morgan fingerprint density at radius 3 is 2.32 bits per heavy atom. The van der Waals surface area contributed by atoms with Crippen molar-refractivity contribution in [3.8, 4) is 5.75 Å². The number of ether oxygens (including phenoxy) is 2. The van der Waals surface area contributed by atoms with Gasteiger partial charge in [-0.1, -0.05) is 38.4 Å². The molecule has 2 aromatic rings. The molecule has 7 nitrogen and oxygen atoms in total. The quantitative estimate of drug-likeness (QED) is 0.590. The summed E-state index contributed by atoms with van der Waals surface area (Å²) in [5, 5.41) is 5.00. The van der Waals surface area contributed by atoms with Crippen molar-refractivity contribution in [1.29, 1.82) is 0 Å². The van der Waals surface area contributed by atoms with Crippen LogP contribution in [0.3, 0.4) is 0 Å². The number of hydrogen-bond acceptors (Lipinski definition) is 5. The molecule has 0 aliphatic rings. The molecular formula is C21H21ClF2N2O5. The lowest BCUT2D eigenvalue weighted by atomic mass is 9.95. The van der Waals surface area contributed by atoms with Crippen LogP contribution in [-0.2, 0) is 14.3 Å². The first-order valence-electron chi connectivity index (χ1n) is 9.08. The zero-order chi connectivity index (χ0) is 23.2. The third-order valence-electron chi connectivity index (χ3n) is 3.80. The second kappa shape index (κ2) is 10.2. The predicted octanol–water partition coefficient (Wildman–Crippen LogP) is 4.72. The van der Waals surface area contributed by atoms with Crippen LogP contribution in [0, 0.1) is 5.41 Å². The van der Waals surface area contributed by atoms with Crippen molar-refractivity contribution in [2.45, 2.75) is 27.4 Å². The Kier molecular flexibility index (Phi) is 7.93. The first-order valence-corrected chi connectivity index (χ1v) is 9.46. The molecule has 0 bridgehead atoms. The summed E-state index contributed by atoms with van der Waals surface area (Å²) < 4.78 is 33.7. The topological polar surface area (TPSA) is 93.7 Å². The van der Waals surface area contributed by atoms with Crippen molar-refractivity contribution in [3.05, 3.63) is 53.1 Å². The standard InChI is InChI=1S/C21H21ClF2N2O5/c1-21(2,3)19(29)26-13-6-4-5-12(9-13)18(28)30-11-17(27)25-14-7-8-16(15(22)10-14)31-20(23)24/h4-10,20H,11H2,1-3H3,(H,25,27)(H,26,29). The summed E-state index contributed by atoms with van der Waals surface area (Å²) in [5.74, 6) is -1.88. The first-order chi connectivity index (χ1) is 14.5. The number of anilines is 2. The molecule has 0 saturated heterocycles. The summed E-state index contributed by atoms with van der Waals surface area (Å²) >= 11 is 5.82. The Morgan fingerprint density at radius 2 is 1.71 bits per heavy atom. The Hall–Kier alpha value is -3.20. The molecule has 0 aliphatic carbocycles. The fourth-order valence-corrected chi connectivity index (χ4v) is 2.45. The van der Waals surface area contributed by atoms with E-state index in [4.69, 9.17) is 16.3 Å². The van der Waals surface area contributed by atoms with E-state index in [2.05, 4.69) is 15.4 Å². The highest BCUT2D eigenvalue weighted by Crippen LogP contribution is 2.29. The van der Waals surface area contributed by atoms with E-state index in [-0.39, 0.29) is 27.9 Å². The predicted molar refractivity (Wildman–Crippen MR) is 112 cm³/mol. The third-order valence-corrected chi connectivity index (χ3v) is 4.10. The molecule has 166 valence electrons. The van der Waals surface area contributed by atoms with Gasteiger partial charge in [-0.15, -0.1) is 0 Å². The van der Waals surface area contributed by atoms with Gasteiger partial charge >= 0.3 is 12.6 Å². The van der Waals surface area contributed by atoms with E-state index in [1.807, 2.05) is 0 Å². The van der Waals surface area contributed by atoms with E-state index in [1.165, 1.54) is 30.3 Å². The van der Waals surface area contributed by atoms with Gasteiger partial charge in [-0.3, -0.25) is 9.59 Å². The van der Waals surface area contributed by atoms with Crippen molar-refractivity contribution >= 4 is 40.8 Å². The highest BCUT2D eigenvalue weighted by atomic mass is 35.5. The second-order valence-electron chi connectivity index (χ2n) is 7.43. The molecule has 0 fully saturated rings. The van der Waals surface area contributed by atoms with Gasteiger partial charge in [0.15, 0.2) is 6.61 Å². The number of hydrogen-bond donors (Lipinski definition) is 2. The molecular weight excluding hydrogens is 434 g/mol. The van der Waals surface area contributed by atoms with Crippen LogP contribution in [0.15, 0.2) is 42.5 Å². The van der Waals surface area contributed by atoms with Crippen LogP contribution in [0.4, 0.5) is 20.2 Å². The zero-order valence-corrected chi connectivity index (χ0v) is 17.8. The molecule has 0 heterocycles. The van der Waals surface area contributed by atoms with E-state index in [0.717, 1.165) is 0 Å². The van der Waals surface area contributed by atoms with Gasteiger partial charge in [0.2, 0.25) is 5.91 Å². The minimum atomic E-state index is -3.03. The van der Waals surface area contributed by atoms with Crippen LogP contribution < -0.4 is 15.4 Å². The fraction of sp³-hybridized carbons (Fsp3) is 0.286. The molecule has 2 amide bonds. The molecule has 2 N–H and O–H groups in total. The van der Waals surface area contributed by atoms with Gasteiger partial charge in [-0.05, 0) is 36.4 Å². The van der Waals surface area contributed by atoms with Crippen molar-refractivity contribution in [1.82, 2.24) is 0 Å². The smallest absolute Gasteiger partial charge is 0.387 e. The Balaban J connectivity index is 1.92. The van der Waals surface area contributed by atoms with Crippen LogP contribution in [0.2, 0.25) is 5.02 Å². The number of benzene rings is 2. The van der Waals surface area contributed by atoms with Crippen molar-refractivity contribution < 1.29 is 32.6 Å². The lowest BCUT2D eigenvalue weighted by molar-refractivity contribution is -0.123. The van der Waals surface area contributed by atoms with Gasteiger partial charge < -0.3 is 20.1 Å². The molecule has 0 aromatic heterocycles. The maximum absolute atomic E-state index is 12.2. The SMILES string of the molecule is CC(C)(C)C(=O)Nc1cccc(C(=O)OCC(=O)Nc2ccc(OC(F)F)c(Cl)c2)c1. The normalized spacial score (nSPS) is 11.1. The minimum absolute atomic E-state index is 0.121. The van der Waals surface area contributed by atoms with Crippen LogP contribution in [0.25, 0.3) is 0 Å². The van der Waals surface area contributed by atoms with E-state index < -0.39 is 30.5 Å². The lowest BCUT2D eigenvalue weighted by Gasteiger charge is -2.17. The van der Waals surface area contributed by atoms with Gasteiger partial charge in [-0.2, -0.15) is 8.78 Å².